The summed E-state index contributed by atoms with van der Waals surface area (Å²) in [4.78, 5) is 11.0. The lowest BCUT2D eigenvalue weighted by molar-refractivity contribution is -0.140. The van der Waals surface area contributed by atoms with Gasteiger partial charge in [0.1, 0.15) is 5.82 Å². The molecule has 0 amide bonds. The number of carboxylic acid groups (broad SMARTS) is 1. The third-order valence-corrected chi connectivity index (χ3v) is 3.09. The summed E-state index contributed by atoms with van der Waals surface area (Å²) in [6, 6.07) is 0.841. The quantitative estimate of drug-likeness (QED) is 0.698. The van der Waals surface area contributed by atoms with Crippen LogP contribution in [-0.4, -0.2) is 21.3 Å². The molecule has 6 heteroatoms. The molecule has 1 aliphatic carbocycles. The minimum Gasteiger partial charge on any atom is -0.504 e. The lowest BCUT2D eigenvalue weighted by atomic mass is 9.94. The summed E-state index contributed by atoms with van der Waals surface area (Å²) in [5.74, 6) is -3.59. The maximum atomic E-state index is 13.7. The highest BCUT2D eigenvalue weighted by Crippen LogP contribution is 2.55. The zero-order valence-corrected chi connectivity index (χ0v) is 8.75. The molecule has 2 rings (SSSR count). The lowest BCUT2D eigenvalue weighted by Crippen LogP contribution is -2.21. The van der Waals surface area contributed by atoms with Crippen LogP contribution in [0.25, 0.3) is 0 Å². The molecular formula is C10H8ClFO4. The Hall–Kier alpha value is -1.49. The summed E-state index contributed by atoms with van der Waals surface area (Å²) in [7, 11) is 0. The van der Waals surface area contributed by atoms with E-state index < -0.39 is 39.3 Å². The second-order valence-corrected chi connectivity index (χ2v) is 4.21. The molecule has 1 saturated carbocycles. The molecule has 1 aromatic carbocycles. The van der Waals surface area contributed by atoms with Crippen molar-refractivity contribution in [1.82, 2.24) is 0 Å². The Morgan fingerprint density at radius 3 is 2.44 bits per heavy atom. The monoisotopic (exact) mass is 246 g/mol. The van der Waals surface area contributed by atoms with Crippen molar-refractivity contribution in [1.29, 1.82) is 0 Å². The number of hydrogen-bond donors (Lipinski definition) is 3. The molecule has 1 aromatic rings. The second kappa shape index (κ2) is 3.25. The summed E-state index contributed by atoms with van der Waals surface area (Å²) < 4.78 is 13.7. The Kier molecular flexibility index (Phi) is 2.24. The first kappa shape index (κ1) is 11.0. The van der Waals surface area contributed by atoms with Gasteiger partial charge in [-0.15, -0.1) is 0 Å². The van der Waals surface area contributed by atoms with E-state index in [0.29, 0.717) is 0 Å². The third-order valence-electron chi connectivity index (χ3n) is 2.81. The molecule has 4 nitrogen and oxygen atoms in total. The van der Waals surface area contributed by atoms with Crippen molar-refractivity contribution in [3.63, 3.8) is 0 Å². The standard InChI is InChI=1S/C10H8ClFO4/c11-4-3-5(13)8(14)6(7(4)12)10(1-2-10)9(15)16/h3,13-14H,1-2H2,(H,15,16). The number of halogens is 2. The number of benzene rings is 1. The van der Waals surface area contributed by atoms with Crippen LogP contribution in [0.15, 0.2) is 6.07 Å². The Morgan fingerprint density at radius 1 is 1.44 bits per heavy atom. The number of carboxylic acids is 1. The van der Waals surface area contributed by atoms with Crippen molar-refractivity contribution in [2.75, 3.05) is 0 Å². The largest absolute Gasteiger partial charge is 0.504 e. The number of aliphatic carboxylic acids is 1. The Morgan fingerprint density at radius 2 is 2.00 bits per heavy atom. The van der Waals surface area contributed by atoms with Crippen LogP contribution in [0.4, 0.5) is 4.39 Å². The number of hydrogen-bond acceptors (Lipinski definition) is 3. The van der Waals surface area contributed by atoms with Gasteiger partial charge in [0, 0.05) is 6.07 Å². The van der Waals surface area contributed by atoms with E-state index >= 15 is 0 Å². The van der Waals surface area contributed by atoms with E-state index in [0.717, 1.165) is 6.07 Å². The summed E-state index contributed by atoms with van der Waals surface area (Å²) >= 11 is 5.49. The topological polar surface area (TPSA) is 77.8 Å². The van der Waals surface area contributed by atoms with Crippen LogP contribution < -0.4 is 0 Å². The van der Waals surface area contributed by atoms with E-state index in [-0.39, 0.29) is 12.8 Å². The van der Waals surface area contributed by atoms with Gasteiger partial charge < -0.3 is 15.3 Å². The van der Waals surface area contributed by atoms with Gasteiger partial charge in [0.15, 0.2) is 11.5 Å². The predicted molar refractivity (Wildman–Crippen MR) is 53.3 cm³/mol. The summed E-state index contributed by atoms with van der Waals surface area (Å²) in [6.07, 6.45) is 0.430. The van der Waals surface area contributed by atoms with Gasteiger partial charge in [-0.2, -0.15) is 0 Å². The molecule has 86 valence electrons. The van der Waals surface area contributed by atoms with Crippen molar-refractivity contribution in [3.05, 3.63) is 22.5 Å². The van der Waals surface area contributed by atoms with E-state index in [4.69, 9.17) is 16.7 Å². The molecule has 1 fully saturated rings. The smallest absolute Gasteiger partial charge is 0.314 e. The molecule has 0 aliphatic heterocycles. The first-order valence-corrected chi connectivity index (χ1v) is 4.92. The maximum Gasteiger partial charge on any atom is 0.314 e. The van der Waals surface area contributed by atoms with Crippen LogP contribution in [0.3, 0.4) is 0 Å². The molecule has 16 heavy (non-hydrogen) atoms. The van der Waals surface area contributed by atoms with Crippen LogP contribution in [0, 0.1) is 5.82 Å². The first-order chi connectivity index (χ1) is 7.40. The molecule has 0 unspecified atom stereocenters. The molecule has 0 radical (unpaired) electrons. The normalized spacial score (nSPS) is 17.1. The number of phenolic OH excluding ortho intramolecular Hbond substituents is 2. The van der Waals surface area contributed by atoms with E-state index in [2.05, 4.69) is 0 Å². The minimum atomic E-state index is -1.45. The van der Waals surface area contributed by atoms with Crippen molar-refractivity contribution >= 4 is 17.6 Å². The van der Waals surface area contributed by atoms with E-state index in [1.807, 2.05) is 0 Å². The average molecular weight is 247 g/mol. The molecule has 0 saturated heterocycles. The summed E-state index contributed by atoms with van der Waals surface area (Å²) in [6.45, 7) is 0. The molecule has 1 aliphatic rings. The Labute approximate surface area is 94.9 Å². The van der Waals surface area contributed by atoms with Gasteiger partial charge in [-0.25, -0.2) is 4.39 Å². The Balaban J connectivity index is 2.70. The summed E-state index contributed by atoms with van der Waals surface area (Å²) in [5.41, 5.74) is -1.87. The average Bonchev–Trinajstić information content (AvgIpc) is 2.97. The lowest BCUT2D eigenvalue weighted by Gasteiger charge is -2.15. The van der Waals surface area contributed by atoms with Gasteiger partial charge in [0.05, 0.1) is 16.0 Å². The van der Waals surface area contributed by atoms with Crippen LogP contribution in [0.5, 0.6) is 11.5 Å². The highest BCUT2D eigenvalue weighted by Gasteiger charge is 2.55. The molecule has 0 heterocycles. The number of aromatic hydroxyl groups is 2. The van der Waals surface area contributed by atoms with Crippen LogP contribution in [0.1, 0.15) is 18.4 Å². The minimum absolute atomic E-state index is 0.215. The molecular weight excluding hydrogens is 239 g/mol. The van der Waals surface area contributed by atoms with Gasteiger partial charge in [0.25, 0.3) is 0 Å². The molecule has 0 spiro atoms. The first-order valence-electron chi connectivity index (χ1n) is 4.54. The molecule has 0 atom stereocenters. The van der Waals surface area contributed by atoms with Gasteiger partial charge in [-0.3, -0.25) is 4.79 Å². The number of rotatable bonds is 2. The van der Waals surface area contributed by atoms with Gasteiger partial charge >= 0.3 is 5.97 Å². The predicted octanol–water partition coefficient (Wildman–Crippen LogP) is 2.01. The zero-order chi connectivity index (χ0) is 12.1. The van der Waals surface area contributed by atoms with Gasteiger partial charge in [0.2, 0.25) is 0 Å². The number of phenols is 2. The SMILES string of the molecule is O=C(O)C1(c2c(O)c(O)cc(Cl)c2F)CC1. The van der Waals surface area contributed by atoms with Gasteiger partial charge in [-0.05, 0) is 12.8 Å². The van der Waals surface area contributed by atoms with Crippen molar-refractivity contribution in [2.45, 2.75) is 18.3 Å². The van der Waals surface area contributed by atoms with Crippen LogP contribution in [-0.2, 0) is 10.2 Å². The fourth-order valence-corrected chi connectivity index (χ4v) is 1.93. The Bertz CT molecular complexity index is 456. The number of carbonyl (C=O) groups is 1. The van der Waals surface area contributed by atoms with Crippen LogP contribution >= 0.6 is 11.6 Å². The van der Waals surface area contributed by atoms with E-state index in [1.54, 1.807) is 0 Å². The highest BCUT2D eigenvalue weighted by molar-refractivity contribution is 6.31. The summed E-state index contributed by atoms with van der Waals surface area (Å²) in [5, 5.41) is 27.4. The van der Waals surface area contributed by atoms with Crippen LogP contribution in [0.2, 0.25) is 5.02 Å². The highest BCUT2D eigenvalue weighted by atomic mass is 35.5. The maximum absolute atomic E-state index is 13.7. The van der Waals surface area contributed by atoms with Crippen molar-refractivity contribution in [3.8, 4) is 11.5 Å². The zero-order valence-electron chi connectivity index (χ0n) is 8.00. The van der Waals surface area contributed by atoms with Crippen molar-refractivity contribution < 1.29 is 24.5 Å². The molecule has 3 N–H and O–H groups in total. The van der Waals surface area contributed by atoms with Crippen molar-refractivity contribution in [2.24, 2.45) is 0 Å². The van der Waals surface area contributed by atoms with E-state index in [9.17, 15) is 19.4 Å². The fraction of sp³-hybridized carbons (Fsp3) is 0.300. The second-order valence-electron chi connectivity index (χ2n) is 3.80. The fourth-order valence-electron chi connectivity index (χ4n) is 1.74. The molecule has 0 bridgehead atoms. The molecule has 0 aromatic heterocycles. The third kappa shape index (κ3) is 1.31. The van der Waals surface area contributed by atoms with E-state index in [1.165, 1.54) is 0 Å². The van der Waals surface area contributed by atoms with Gasteiger partial charge in [-0.1, -0.05) is 11.6 Å².